The molecule has 1 N–H and O–H groups in total. The third kappa shape index (κ3) is 4.02. The van der Waals surface area contributed by atoms with Crippen molar-refractivity contribution in [3.05, 3.63) is 70.8 Å². The van der Waals surface area contributed by atoms with Gasteiger partial charge in [0.25, 0.3) is 0 Å². The minimum atomic E-state index is -0.300. The molecule has 0 amide bonds. The van der Waals surface area contributed by atoms with Crippen molar-refractivity contribution in [2.75, 3.05) is 13.1 Å². The van der Waals surface area contributed by atoms with E-state index < -0.39 is 0 Å². The van der Waals surface area contributed by atoms with Gasteiger partial charge in [0.05, 0.1) is 6.10 Å². The van der Waals surface area contributed by atoms with Gasteiger partial charge in [-0.2, -0.15) is 0 Å². The van der Waals surface area contributed by atoms with E-state index in [4.69, 9.17) is 0 Å². The average Bonchev–Trinajstić information content (AvgIpc) is 2.71. The summed E-state index contributed by atoms with van der Waals surface area (Å²) < 4.78 is 0. The van der Waals surface area contributed by atoms with Crippen molar-refractivity contribution in [2.24, 2.45) is 0 Å². The average molecular weight is 352 g/mol. The van der Waals surface area contributed by atoms with Gasteiger partial charge in [-0.25, -0.2) is 0 Å². The Morgan fingerprint density at radius 3 is 2.31 bits per heavy atom. The number of aliphatic hydroxyl groups is 1. The fraction of sp³-hybridized carbons (Fsp3) is 0.500. The Bertz CT molecular complexity index is 689. The number of nitrogens with zero attached hydrogens (tertiary/aromatic N) is 1. The largest absolute Gasteiger partial charge is 0.388 e. The second-order valence-corrected chi connectivity index (χ2v) is 7.47. The van der Waals surface area contributed by atoms with Gasteiger partial charge in [0.15, 0.2) is 0 Å². The molecular weight excluding hydrogens is 318 g/mol. The molecule has 0 aromatic heterocycles. The predicted molar refractivity (Wildman–Crippen MR) is 110 cm³/mol. The van der Waals surface area contributed by atoms with Gasteiger partial charge in [0, 0.05) is 6.04 Å². The highest BCUT2D eigenvalue weighted by Crippen LogP contribution is 2.36. The van der Waals surface area contributed by atoms with Crippen molar-refractivity contribution >= 4 is 0 Å². The summed E-state index contributed by atoms with van der Waals surface area (Å²) in [5, 5.41) is 10.6. The second kappa shape index (κ2) is 8.83. The van der Waals surface area contributed by atoms with Gasteiger partial charge >= 0.3 is 0 Å². The lowest BCUT2D eigenvalue weighted by molar-refractivity contribution is 0.0741. The molecule has 26 heavy (non-hydrogen) atoms. The van der Waals surface area contributed by atoms with Crippen LogP contribution in [-0.2, 0) is 6.42 Å². The van der Waals surface area contributed by atoms with Crippen LogP contribution in [0.3, 0.4) is 0 Å². The molecule has 2 aromatic rings. The highest BCUT2D eigenvalue weighted by atomic mass is 16.3. The van der Waals surface area contributed by atoms with E-state index >= 15 is 0 Å². The Morgan fingerprint density at radius 1 is 0.923 bits per heavy atom. The maximum absolute atomic E-state index is 10.6. The number of hydrogen-bond donors (Lipinski definition) is 1. The van der Waals surface area contributed by atoms with Crippen molar-refractivity contribution in [1.29, 1.82) is 0 Å². The molecule has 2 aliphatic rings. The summed E-state index contributed by atoms with van der Waals surface area (Å²) in [6, 6.07) is 17.8. The minimum Gasteiger partial charge on any atom is -0.388 e. The van der Waals surface area contributed by atoms with Crippen molar-refractivity contribution in [2.45, 2.75) is 64.5 Å². The molecule has 0 radical (unpaired) electrons. The maximum atomic E-state index is 10.6. The first-order valence-corrected chi connectivity index (χ1v) is 10.3. The summed E-state index contributed by atoms with van der Waals surface area (Å²) in [6.45, 7) is 8.48. The Hall–Kier alpha value is -1.64. The number of rotatable bonds is 2. The molecule has 2 heteroatoms. The molecule has 1 aliphatic heterocycles. The van der Waals surface area contributed by atoms with Crippen molar-refractivity contribution in [3.8, 4) is 0 Å². The highest BCUT2D eigenvalue weighted by Gasteiger charge is 2.32. The number of hydrogen-bond acceptors (Lipinski definition) is 2. The lowest BCUT2D eigenvalue weighted by Crippen LogP contribution is -2.44. The standard InChI is InChI=1S/C22H27NO.C2H6/c1-16-6-5-9-20-21(16)14-19(15-22(20)24)23-12-10-18(11-13-23)17-7-3-2-4-8-17;1-2/h2-9,18-19,22,24H,10-15H2,1H3;1-2H3. The van der Waals surface area contributed by atoms with Crippen LogP contribution in [0.4, 0.5) is 0 Å². The van der Waals surface area contributed by atoms with Gasteiger partial charge in [-0.15, -0.1) is 0 Å². The van der Waals surface area contributed by atoms with Gasteiger partial charge in [0.2, 0.25) is 0 Å². The summed E-state index contributed by atoms with van der Waals surface area (Å²) in [5.74, 6) is 0.699. The molecule has 0 bridgehead atoms. The topological polar surface area (TPSA) is 23.5 Å². The third-order valence-electron chi connectivity index (χ3n) is 6.06. The third-order valence-corrected chi connectivity index (χ3v) is 6.06. The number of benzene rings is 2. The van der Waals surface area contributed by atoms with E-state index in [0.717, 1.165) is 31.5 Å². The molecule has 1 aliphatic carbocycles. The van der Waals surface area contributed by atoms with Crippen molar-refractivity contribution < 1.29 is 5.11 Å². The Morgan fingerprint density at radius 2 is 1.62 bits per heavy atom. The molecule has 140 valence electrons. The molecule has 0 spiro atoms. The van der Waals surface area contributed by atoms with Gasteiger partial charge in [-0.1, -0.05) is 62.4 Å². The Balaban J connectivity index is 0.000000948. The van der Waals surface area contributed by atoms with E-state index in [9.17, 15) is 5.11 Å². The molecular formula is C24H33NO. The van der Waals surface area contributed by atoms with Crippen LogP contribution < -0.4 is 0 Å². The van der Waals surface area contributed by atoms with E-state index in [0.29, 0.717) is 12.0 Å². The fourth-order valence-corrected chi connectivity index (χ4v) is 4.62. The van der Waals surface area contributed by atoms with Crippen LogP contribution in [0.2, 0.25) is 0 Å². The Kier molecular flexibility index (Phi) is 6.50. The molecule has 2 unspecified atom stereocenters. The van der Waals surface area contributed by atoms with E-state index in [2.05, 4.69) is 60.4 Å². The summed E-state index contributed by atoms with van der Waals surface area (Å²) in [4.78, 5) is 2.62. The van der Waals surface area contributed by atoms with E-state index in [-0.39, 0.29) is 6.10 Å². The molecule has 4 rings (SSSR count). The van der Waals surface area contributed by atoms with E-state index in [1.807, 2.05) is 13.8 Å². The molecule has 2 nitrogen and oxygen atoms in total. The number of fused-ring (bicyclic) bond motifs is 1. The summed E-state index contributed by atoms with van der Waals surface area (Å²) in [5.41, 5.74) is 5.36. The van der Waals surface area contributed by atoms with Crippen LogP contribution in [0.5, 0.6) is 0 Å². The quantitative estimate of drug-likeness (QED) is 0.799. The van der Waals surface area contributed by atoms with E-state index in [1.165, 1.54) is 29.5 Å². The minimum absolute atomic E-state index is 0.300. The molecule has 1 heterocycles. The zero-order valence-electron chi connectivity index (χ0n) is 16.5. The molecule has 2 atom stereocenters. The van der Waals surface area contributed by atoms with Crippen LogP contribution >= 0.6 is 0 Å². The van der Waals surface area contributed by atoms with Crippen LogP contribution in [0.1, 0.15) is 67.4 Å². The first-order valence-electron chi connectivity index (χ1n) is 10.3. The SMILES string of the molecule is CC.Cc1cccc2c1CC(N1CCC(c3ccccc3)CC1)CC2O. The monoisotopic (exact) mass is 351 g/mol. The number of likely N-dealkylation sites (tertiary alicyclic amines) is 1. The predicted octanol–water partition coefficient (Wildman–Crippen LogP) is 5.25. The first-order chi connectivity index (χ1) is 12.7. The highest BCUT2D eigenvalue weighted by molar-refractivity contribution is 5.38. The smallest absolute Gasteiger partial charge is 0.0807 e. The number of piperidine rings is 1. The summed E-state index contributed by atoms with van der Waals surface area (Å²) in [6.07, 6.45) is 4.14. The molecule has 1 saturated heterocycles. The van der Waals surface area contributed by atoms with Gasteiger partial charge in [-0.3, -0.25) is 4.90 Å². The number of aryl methyl sites for hydroxylation is 1. The summed E-state index contributed by atoms with van der Waals surface area (Å²) >= 11 is 0. The Labute approximate surface area is 158 Å². The van der Waals surface area contributed by atoms with Crippen molar-refractivity contribution in [3.63, 3.8) is 0 Å². The van der Waals surface area contributed by atoms with Gasteiger partial charge in [-0.05, 0) is 73.9 Å². The van der Waals surface area contributed by atoms with Crippen LogP contribution in [0.15, 0.2) is 48.5 Å². The van der Waals surface area contributed by atoms with Crippen LogP contribution in [-0.4, -0.2) is 29.1 Å². The normalized spacial score (nSPS) is 23.7. The number of aliphatic hydroxyl groups excluding tert-OH is 1. The zero-order chi connectivity index (χ0) is 18.5. The molecule has 0 saturated carbocycles. The molecule has 1 fully saturated rings. The van der Waals surface area contributed by atoms with Gasteiger partial charge < -0.3 is 5.11 Å². The van der Waals surface area contributed by atoms with Crippen LogP contribution in [0.25, 0.3) is 0 Å². The lowest BCUT2D eigenvalue weighted by atomic mass is 9.81. The zero-order valence-corrected chi connectivity index (χ0v) is 16.5. The first kappa shape index (κ1) is 19.1. The van der Waals surface area contributed by atoms with Gasteiger partial charge in [0.1, 0.15) is 0 Å². The summed E-state index contributed by atoms with van der Waals surface area (Å²) in [7, 11) is 0. The van der Waals surface area contributed by atoms with Crippen LogP contribution in [0, 0.1) is 6.92 Å². The lowest BCUT2D eigenvalue weighted by Gasteiger charge is -2.41. The maximum Gasteiger partial charge on any atom is 0.0807 e. The van der Waals surface area contributed by atoms with Crippen molar-refractivity contribution in [1.82, 2.24) is 4.90 Å². The molecule has 2 aromatic carbocycles. The van der Waals surface area contributed by atoms with E-state index in [1.54, 1.807) is 0 Å². The second-order valence-electron chi connectivity index (χ2n) is 7.47. The fourth-order valence-electron chi connectivity index (χ4n) is 4.62.